The van der Waals surface area contributed by atoms with Gasteiger partial charge in [-0.1, -0.05) is 41.4 Å². The Hall–Kier alpha value is -3.61. The van der Waals surface area contributed by atoms with Crippen molar-refractivity contribution in [2.75, 3.05) is 36.4 Å². The van der Waals surface area contributed by atoms with Crippen LogP contribution in [0.1, 0.15) is 11.1 Å². The smallest absolute Gasteiger partial charge is 0.475 e. The van der Waals surface area contributed by atoms with Gasteiger partial charge in [0.1, 0.15) is 12.1 Å². The molecule has 4 rings (SSSR count). The second-order valence-corrected chi connectivity index (χ2v) is 9.28. The number of piperazine rings is 1. The standard InChI is InChI=1S/C23H23Cl2N5O2.C2HF3O2/c24-18-4-1-16(2-5-18)11-22(31)28-20-12-19(25)6-3-17(20)14-30-15-27-21(13-23(30)32)29-9-7-26-8-10-29;3-2(4,5)1(6)7/h1-6,12-13,15,26H,7-11,14H2,(H,28,31);(H,6,7). The van der Waals surface area contributed by atoms with E-state index in [9.17, 15) is 22.8 Å². The highest BCUT2D eigenvalue weighted by molar-refractivity contribution is 6.31. The summed E-state index contributed by atoms with van der Waals surface area (Å²) in [7, 11) is 0. The molecule has 14 heteroatoms. The largest absolute Gasteiger partial charge is 0.490 e. The number of anilines is 2. The highest BCUT2D eigenvalue weighted by Crippen LogP contribution is 2.22. The number of nitrogens with zero attached hydrogens (tertiary/aromatic N) is 3. The number of nitrogens with one attached hydrogen (secondary N) is 2. The number of aliphatic carboxylic acids is 1. The van der Waals surface area contributed by atoms with Crippen molar-refractivity contribution in [2.24, 2.45) is 0 Å². The summed E-state index contributed by atoms with van der Waals surface area (Å²) < 4.78 is 33.3. The first-order chi connectivity index (χ1) is 18.4. The molecule has 0 radical (unpaired) electrons. The number of halogens is 5. The number of rotatable bonds is 6. The normalized spacial score (nSPS) is 13.3. The van der Waals surface area contributed by atoms with Gasteiger partial charge in [0.25, 0.3) is 5.56 Å². The van der Waals surface area contributed by atoms with E-state index in [4.69, 9.17) is 33.1 Å². The summed E-state index contributed by atoms with van der Waals surface area (Å²) in [6.45, 7) is 3.64. The van der Waals surface area contributed by atoms with Gasteiger partial charge in [0.05, 0.1) is 13.0 Å². The first kappa shape index (κ1) is 29.9. The van der Waals surface area contributed by atoms with Crippen LogP contribution < -0.4 is 21.1 Å². The molecule has 1 fully saturated rings. The molecule has 3 N–H and O–H groups in total. The van der Waals surface area contributed by atoms with Crippen LogP contribution in [0.5, 0.6) is 0 Å². The summed E-state index contributed by atoms with van der Waals surface area (Å²) in [5, 5.41) is 14.4. The number of hydrogen-bond acceptors (Lipinski definition) is 6. The van der Waals surface area contributed by atoms with Gasteiger partial charge >= 0.3 is 12.1 Å². The van der Waals surface area contributed by atoms with Gasteiger partial charge in [0.15, 0.2) is 0 Å². The quantitative estimate of drug-likeness (QED) is 0.402. The van der Waals surface area contributed by atoms with Crippen molar-refractivity contribution in [1.82, 2.24) is 14.9 Å². The number of amides is 1. The van der Waals surface area contributed by atoms with Crippen LogP contribution in [0.2, 0.25) is 10.0 Å². The monoisotopic (exact) mass is 585 g/mol. The lowest BCUT2D eigenvalue weighted by molar-refractivity contribution is -0.192. The van der Waals surface area contributed by atoms with Crippen molar-refractivity contribution in [2.45, 2.75) is 19.1 Å². The van der Waals surface area contributed by atoms with Gasteiger partial charge in [-0.3, -0.25) is 14.2 Å². The Balaban J connectivity index is 0.000000532. The number of aromatic nitrogens is 2. The summed E-state index contributed by atoms with van der Waals surface area (Å²) >= 11 is 12.1. The maximum Gasteiger partial charge on any atom is 0.490 e. The number of benzene rings is 2. The zero-order valence-corrected chi connectivity index (χ0v) is 21.9. The minimum absolute atomic E-state index is 0.151. The lowest BCUT2D eigenvalue weighted by Gasteiger charge is -2.28. The molecule has 0 unspecified atom stereocenters. The molecule has 0 saturated carbocycles. The zero-order valence-electron chi connectivity index (χ0n) is 20.3. The molecule has 9 nitrogen and oxygen atoms in total. The summed E-state index contributed by atoms with van der Waals surface area (Å²) in [5.74, 6) is -2.26. The second-order valence-electron chi connectivity index (χ2n) is 8.41. The van der Waals surface area contributed by atoms with Gasteiger partial charge in [-0.25, -0.2) is 9.78 Å². The Bertz CT molecular complexity index is 1360. The molecule has 3 aromatic rings. The number of carbonyl (C=O) groups excluding carboxylic acids is 1. The number of carbonyl (C=O) groups is 2. The van der Waals surface area contributed by atoms with Gasteiger partial charge in [-0.05, 0) is 35.4 Å². The van der Waals surface area contributed by atoms with Gasteiger partial charge in [-0.2, -0.15) is 13.2 Å². The SMILES string of the molecule is O=C(Cc1ccc(Cl)cc1)Nc1cc(Cl)ccc1Cn1cnc(N2CCNCC2)cc1=O.O=C(O)C(F)(F)F. The van der Waals surface area contributed by atoms with Crippen LogP contribution in [0.4, 0.5) is 24.7 Å². The van der Waals surface area contributed by atoms with Crippen LogP contribution in [0, 0.1) is 0 Å². The van der Waals surface area contributed by atoms with Crippen LogP contribution in [0.25, 0.3) is 0 Å². The minimum atomic E-state index is -5.08. The average molecular weight is 586 g/mol. The maximum absolute atomic E-state index is 12.7. The number of carboxylic acid groups (broad SMARTS) is 1. The van der Waals surface area contributed by atoms with E-state index in [0.717, 1.165) is 37.3 Å². The zero-order chi connectivity index (χ0) is 28.6. The number of carboxylic acids is 1. The minimum Gasteiger partial charge on any atom is -0.475 e. The molecule has 1 amide bonds. The first-order valence-electron chi connectivity index (χ1n) is 11.6. The first-order valence-corrected chi connectivity index (χ1v) is 12.3. The van der Waals surface area contributed by atoms with E-state index in [0.29, 0.717) is 21.6 Å². The Morgan fingerprint density at radius 1 is 1.03 bits per heavy atom. The van der Waals surface area contributed by atoms with Crippen molar-refractivity contribution in [3.8, 4) is 0 Å². The fourth-order valence-corrected chi connectivity index (χ4v) is 3.87. The molecular weight excluding hydrogens is 562 g/mol. The van der Waals surface area contributed by atoms with E-state index in [1.807, 2.05) is 12.1 Å². The van der Waals surface area contributed by atoms with E-state index in [-0.39, 0.29) is 24.4 Å². The average Bonchev–Trinajstić information content (AvgIpc) is 2.88. The fourth-order valence-electron chi connectivity index (χ4n) is 3.57. The lowest BCUT2D eigenvalue weighted by atomic mass is 10.1. The van der Waals surface area contributed by atoms with Crippen LogP contribution in [-0.4, -0.2) is 58.9 Å². The molecule has 208 valence electrons. The molecule has 1 aliphatic heterocycles. The number of hydrogen-bond donors (Lipinski definition) is 3. The molecule has 0 atom stereocenters. The molecular formula is C25H24Cl2F3N5O4. The van der Waals surface area contributed by atoms with Gasteiger partial charge in [0.2, 0.25) is 5.91 Å². The van der Waals surface area contributed by atoms with Crippen molar-refractivity contribution in [3.05, 3.63) is 86.4 Å². The van der Waals surface area contributed by atoms with E-state index in [1.54, 1.807) is 42.7 Å². The van der Waals surface area contributed by atoms with Crippen molar-refractivity contribution >= 4 is 46.6 Å². The summed E-state index contributed by atoms with van der Waals surface area (Å²) in [6.07, 6.45) is -3.34. The molecule has 2 aromatic carbocycles. The molecule has 0 aliphatic carbocycles. The van der Waals surface area contributed by atoms with Crippen LogP contribution in [-0.2, 0) is 22.6 Å². The van der Waals surface area contributed by atoms with Gasteiger partial charge in [-0.15, -0.1) is 0 Å². The third-order valence-electron chi connectivity index (χ3n) is 5.51. The maximum atomic E-state index is 12.7. The molecule has 39 heavy (non-hydrogen) atoms. The highest BCUT2D eigenvalue weighted by Gasteiger charge is 2.38. The third kappa shape index (κ3) is 9.27. The molecule has 1 aliphatic rings. The van der Waals surface area contributed by atoms with Crippen LogP contribution in [0.15, 0.2) is 59.7 Å². The Morgan fingerprint density at radius 3 is 2.23 bits per heavy atom. The van der Waals surface area contributed by atoms with Crippen LogP contribution in [0.3, 0.4) is 0 Å². The highest BCUT2D eigenvalue weighted by atomic mass is 35.5. The third-order valence-corrected chi connectivity index (χ3v) is 6.00. The van der Waals surface area contributed by atoms with Crippen molar-refractivity contribution < 1.29 is 27.9 Å². The summed E-state index contributed by atoms with van der Waals surface area (Å²) in [6, 6.07) is 13.9. The fraction of sp³-hybridized carbons (Fsp3) is 0.280. The molecule has 2 heterocycles. The predicted molar refractivity (Wildman–Crippen MR) is 142 cm³/mol. The summed E-state index contributed by atoms with van der Waals surface area (Å²) in [4.78, 5) is 40.8. The Morgan fingerprint density at radius 2 is 1.64 bits per heavy atom. The Kier molecular flexibility index (Phi) is 10.3. The van der Waals surface area contributed by atoms with E-state index >= 15 is 0 Å². The van der Waals surface area contributed by atoms with E-state index in [1.165, 1.54) is 4.57 Å². The summed E-state index contributed by atoms with van der Waals surface area (Å²) in [5.41, 5.74) is 2.02. The van der Waals surface area contributed by atoms with Gasteiger partial charge < -0.3 is 20.6 Å². The molecule has 1 aromatic heterocycles. The van der Waals surface area contributed by atoms with E-state index < -0.39 is 12.1 Å². The van der Waals surface area contributed by atoms with Crippen molar-refractivity contribution in [1.29, 1.82) is 0 Å². The molecule has 1 saturated heterocycles. The van der Waals surface area contributed by atoms with Crippen LogP contribution >= 0.6 is 23.2 Å². The molecule has 0 bridgehead atoms. The topological polar surface area (TPSA) is 117 Å². The van der Waals surface area contributed by atoms with E-state index in [2.05, 4.69) is 20.5 Å². The lowest BCUT2D eigenvalue weighted by Crippen LogP contribution is -2.44. The Labute approximate surface area is 231 Å². The predicted octanol–water partition coefficient (Wildman–Crippen LogP) is 3.82. The van der Waals surface area contributed by atoms with Crippen molar-refractivity contribution in [3.63, 3.8) is 0 Å². The second kappa shape index (κ2) is 13.5. The number of alkyl halides is 3. The van der Waals surface area contributed by atoms with Gasteiger partial charge in [0, 0.05) is 48.0 Å². The molecule has 0 spiro atoms.